The molecule has 1 amide bonds. The lowest BCUT2D eigenvalue weighted by atomic mass is 10.1. The summed E-state index contributed by atoms with van der Waals surface area (Å²) in [7, 11) is 0. The Morgan fingerprint density at radius 1 is 1.04 bits per heavy atom. The first kappa shape index (κ1) is 16.8. The monoisotopic (exact) mass is 358 g/mol. The summed E-state index contributed by atoms with van der Waals surface area (Å²) in [5.41, 5.74) is 3.89. The van der Waals surface area contributed by atoms with Gasteiger partial charge in [-0.2, -0.15) is 9.61 Å². The Morgan fingerprint density at radius 3 is 2.67 bits per heavy atom. The van der Waals surface area contributed by atoms with Crippen molar-refractivity contribution in [2.75, 3.05) is 5.32 Å². The van der Waals surface area contributed by atoms with Crippen LogP contribution in [0.15, 0.2) is 60.9 Å². The summed E-state index contributed by atoms with van der Waals surface area (Å²) in [6.07, 6.45) is 3.44. The Balaban J connectivity index is 1.73. The maximum absolute atomic E-state index is 11.9. The molecule has 0 fully saturated rings. The van der Waals surface area contributed by atoms with E-state index >= 15 is 0 Å². The molecular formula is C20H18N6O. The second-order valence-corrected chi connectivity index (χ2v) is 6.48. The molecule has 7 heteroatoms. The fourth-order valence-electron chi connectivity index (χ4n) is 2.66. The first-order valence-corrected chi connectivity index (χ1v) is 8.66. The van der Waals surface area contributed by atoms with Gasteiger partial charge in [-0.25, -0.2) is 0 Å². The van der Waals surface area contributed by atoms with Gasteiger partial charge in [0.1, 0.15) is 0 Å². The van der Waals surface area contributed by atoms with Gasteiger partial charge in [0, 0.05) is 35.1 Å². The predicted octanol–water partition coefficient (Wildman–Crippen LogP) is 3.45. The number of rotatable bonds is 4. The third-order valence-electron chi connectivity index (χ3n) is 4.13. The summed E-state index contributed by atoms with van der Waals surface area (Å²) in [5.74, 6) is 0.527. The number of amides is 1. The average Bonchev–Trinajstić information content (AvgIpc) is 3.12. The topological polar surface area (TPSA) is 85.1 Å². The van der Waals surface area contributed by atoms with Gasteiger partial charge in [-0.3, -0.25) is 9.78 Å². The van der Waals surface area contributed by atoms with E-state index in [1.165, 1.54) is 0 Å². The van der Waals surface area contributed by atoms with Crippen molar-refractivity contribution in [3.63, 3.8) is 0 Å². The van der Waals surface area contributed by atoms with Gasteiger partial charge in [-0.1, -0.05) is 26.0 Å². The number of benzene rings is 1. The SMILES string of the molecule is CC(C)C(=O)Nc1cccc(-c2ccc3nnc(-c4cccnc4)n3n2)c1. The normalized spacial score (nSPS) is 11.1. The Morgan fingerprint density at radius 2 is 1.89 bits per heavy atom. The van der Waals surface area contributed by atoms with E-state index in [1.807, 2.05) is 62.4 Å². The van der Waals surface area contributed by atoms with Crippen molar-refractivity contribution in [2.45, 2.75) is 13.8 Å². The molecule has 7 nitrogen and oxygen atoms in total. The molecule has 0 aliphatic carbocycles. The summed E-state index contributed by atoms with van der Waals surface area (Å²) < 4.78 is 1.70. The number of fused-ring (bicyclic) bond motifs is 1. The molecule has 4 rings (SSSR count). The molecule has 27 heavy (non-hydrogen) atoms. The third-order valence-corrected chi connectivity index (χ3v) is 4.13. The fourth-order valence-corrected chi connectivity index (χ4v) is 2.66. The summed E-state index contributed by atoms with van der Waals surface area (Å²) in [4.78, 5) is 16.1. The lowest BCUT2D eigenvalue weighted by Gasteiger charge is -2.09. The van der Waals surface area contributed by atoms with Gasteiger partial charge >= 0.3 is 0 Å². The van der Waals surface area contributed by atoms with Crippen molar-refractivity contribution in [1.82, 2.24) is 24.8 Å². The summed E-state index contributed by atoms with van der Waals surface area (Å²) in [5, 5.41) is 16.0. The van der Waals surface area contributed by atoms with Crippen LogP contribution in [0.3, 0.4) is 0 Å². The molecule has 1 aromatic carbocycles. The first-order chi connectivity index (χ1) is 13.1. The van der Waals surface area contributed by atoms with Crippen LogP contribution in [-0.4, -0.2) is 30.7 Å². The Bertz CT molecular complexity index is 1100. The van der Waals surface area contributed by atoms with Crippen LogP contribution >= 0.6 is 0 Å². The van der Waals surface area contributed by atoms with E-state index in [0.29, 0.717) is 11.5 Å². The largest absolute Gasteiger partial charge is 0.326 e. The quantitative estimate of drug-likeness (QED) is 0.604. The smallest absolute Gasteiger partial charge is 0.226 e. The number of anilines is 1. The molecule has 134 valence electrons. The molecule has 0 aliphatic heterocycles. The van der Waals surface area contributed by atoms with Crippen molar-refractivity contribution < 1.29 is 4.79 Å². The Kier molecular flexibility index (Phi) is 4.33. The average molecular weight is 358 g/mol. The zero-order valence-corrected chi connectivity index (χ0v) is 15.0. The molecule has 0 aliphatic rings. The zero-order chi connectivity index (χ0) is 18.8. The van der Waals surface area contributed by atoms with Crippen LogP contribution in [-0.2, 0) is 4.79 Å². The van der Waals surface area contributed by atoms with Crippen LogP contribution in [0, 0.1) is 5.92 Å². The molecule has 0 unspecified atom stereocenters. The van der Waals surface area contributed by atoms with Crippen LogP contribution in [0.4, 0.5) is 5.69 Å². The Labute approximate surface area is 156 Å². The minimum absolute atomic E-state index is 0.0202. The zero-order valence-electron chi connectivity index (χ0n) is 15.0. The molecule has 0 radical (unpaired) electrons. The highest BCUT2D eigenvalue weighted by Crippen LogP contribution is 2.23. The third kappa shape index (κ3) is 3.39. The van der Waals surface area contributed by atoms with Crippen LogP contribution in [0.5, 0.6) is 0 Å². The van der Waals surface area contributed by atoms with Crippen molar-refractivity contribution in [2.24, 2.45) is 5.92 Å². The highest BCUT2D eigenvalue weighted by Gasteiger charge is 2.12. The van der Waals surface area contributed by atoms with Gasteiger partial charge in [0.2, 0.25) is 5.91 Å². The summed E-state index contributed by atoms with van der Waals surface area (Å²) in [6, 6.07) is 15.1. The van der Waals surface area contributed by atoms with E-state index in [9.17, 15) is 4.79 Å². The molecule has 0 saturated heterocycles. The van der Waals surface area contributed by atoms with E-state index in [1.54, 1.807) is 16.9 Å². The molecule has 4 aromatic rings. The van der Waals surface area contributed by atoms with Gasteiger partial charge < -0.3 is 5.32 Å². The van der Waals surface area contributed by atoms with E-state index in [4.69, 9.17) is 0 Å². The van der Waals surface area contributed by atoms with E-state index in [-0.39, 0.29) is 11.8 Å². The predicted molar refractivity (Wildman–Crippen MR) is 103 cm³/mol. The van der Waals surface area contributed by atoms with Crippen LogP contribution in [0.2, 0.25) is 0 Å². The number of hydrogen-bond donors (Lipinski definition) is 1. The molecule has 0 saturated carbocycles. The molecule has 3 aromatic heterocycles. The Hall–Kier alpha value is -3.61. The molecule has 1 N–H and O–H groups in total. The van der Waals surface area contributed by atoms with Gasteiger partial charge in [0.25, 0.3) is 0 Å². The molecular weight excluding hydrogens is 340 g/mol. The lowest BCUT2D eigenvalue weighted by molar-refractivity contribution is -0.118. The number of carbonyl (C=O) groups excluding carboxylic acids is 1. The maximum Gasteiger partial charge on any atom is 0.226 e. The number of aromatic nitrogens is 5. The lowest BCUT2D eigenvalue weighted by Crippen LogP contribution is -2.17. The van der Waals surface area contributed by atoms with Crippen molar-refractivity contribution >= 4 is 17.2 Å². The first-order valence-electron chi connectivity index (χ1n) is 8.66. The number of hydrogen-bond acceptors (Lipinski definition) is 5. The van der Waals surface area contributed by atoms with Crippen molar-refractivity contribution in [1.29, 1.82) is 0 Å². The van der Waals surface area contributed by atoms with Crippen LogP contribution in [0.25, 0.3) is 28.3 Å². The number of nitrogens with zero attached hydrogens (tertiary/aromatic N) is 5. The van der Waals surface area contributed by atoms with Gasteiger partial charge in [-0.15, -0.1) is 10.2 Å². The molecule has 0 atom stereocenters. The fraction of sp³-hybridized carbons (Fsp3) is 0.150. The second-order valence-electron chi connectivity index (χ2n) is 6.48. The van der Waals surface area contributed by atoms with Gasteiger partial charge in [0.05, 0.1) is 5.69 Å². The minimum Gasteiger partial charge on any atom is -0.326 e. The van der Waals surface area contributed by atoms with E-state index < -0.39 is 0 Å². The number of pyridine rings is 1. The highest BCUT2D eigenvalue weighted by atomic mass is 16.1. The second kappa shape index (κ2) is 6.95. The molecule has 0 bridgehead atoms. The van der Waals surface area contributed by atoms with Gasteiger partial charge in [0.15, 0.2) is 11.5 Å². The van der Waals surface area contributed by atoms with E-state index in [0.717, 1.165) is 22.5 Å². The van der Waals surface area contributed by atoms with Crippen LogP contribution in [0.1, 0.15) is 13.8 Å². The van der Waals surface area contributed by atoms with Crippen molar-refractivity contribution in [3.8, 4) is 22.6 Å². The van der Waals surface area contributed by atoms with Gasteiger partial charge in [-0.05, 0) is 36.4 Å². The van der Waals surface area contributed by atoms with Crippen molar-refractivity contribution in [3.05, 3.63) is 60.9 Å². The minimum atomic E-state index is -0.0813. The van der Waals surface area contributed by atoms with Crippen LogP contribution < -0.4 is 5.32 Å². The summed E-state index contributed by atoms with van der Waals surface area (Å²) in [6.45, 7) is 3.72. The molecule has 0 spiro atoms. The highest BCUT2D eigenvalue weighted by molar-refractivity contribution is 5.92. The standard InChI is InChI=1S/C20H18N6O/c1-13(2)20(27)22-16-7-3-5-14(11-16)17-8-9-18-23-24-19(26(18)25-17)15-6-4-10-21-12-15/h3-13H,1-2H3,(H,22,27). The number of nitrogens with one attached hydrogen (secondary N) is 1. The maximum atomic E-state index is 11.9. The van der Waals surface area contributed by atoms with E-state index in [2.05, 4.69) is 25.6 Å². The summed E-state index contributed by atoms with van der Waals surface area (Å²) >= 11 is 0. The molecule has 3 heterocycles. The number of carbonyl (C=O) groups is 1.